The number of aryl methyl sites for hydroxylation is 2. The smallest absolute Gasteiger partial charge is 0.394 e. The quantitative estimate of drug-likeness (QED) is 0.566. The Bertz CT molecular complexity index is 828. The highest BCUT2D eigenvalue weighted by Gasteiger charge is 2.47. The summed E-state index contributed by atoms with van der Waals surface area (Å²) >= 11 is 0. The third kappa shape index (κ3) is 4.44. The molecule has 0 spiro atoms. The molecule has 0 amide bonds. The summed E-state index contributed by atoms with van der Waals surface area (Å²) in [7, 11) is 0. The first kappa shape index (κ1) is 22.1. The minimum atomic E-state index is -4.45. The molecule has 156 valence electrons. The number of pyridine rings is 1. The van der Waals surface area contributed by atoms with E-state index in [4.69, 9.17) is 0 Å². The molecule has 0 radical (unpaired) electrons. The van der Waals surface area contributed by atoms with Crippen LogP contribution in [0.15, 0.2) is 12.1 Å². The Morgan fingerprint density at radius 2 is 1.79 bits per heavy atom. The lowest BCUT2D eigenvalue weighted by molar-refractivity contribution is -0.211. The summed E-state index contributed by atoms with van der Waals surface area (Å²) in [5, 5.41) is 4.45. The Labute approximate surface area is 160 Å². The van der Waals surface area contributed by atoms with Gasteiger partial charge in [-0.25, -0.2) is 4.98 Å². The van der Waals surface area contributed by atoms with Gasteiger partial charge in [0.15, 0.2) is 0 Å². The molecule has 4 nitrogen and oxygen atoms in total. The first-order valence-electron chi connectivity index (χ1n) is 8.99. The van der Waals surface area contributed by atoms with Gasteiger partial charge >= 0.3 is 12.8 Å². The van der Waals surface area contributed by atoms with E-state index in [9.17, 15) is 22.0 Å². The van der Waals surface area contributed by atoms with Crippen molar-refractivity contribution < 1.29 is 26.7 Å². The molecule has 9 heteroatoms. The van der Waals surface area contributed by atoms with Gasteiger partial charge in [0.2, 0.25) is 5.88 Å². The third-order valence-corrected chi connectivity index (χ3v) is 4.69. The van der Waals surface area contributed by atoms with Crippen molar-refractivity contribution in [2.75, 3.05) is 0 Å². The molecule has 2 rings (SSSR count). The molecule has 0 aliphatic heterocycles. The second-order valence-electron chi connectivity index (χ2n) is 7.18. The number of halogens is 5. The Kier molecular flexibility index (Phi) is 6.35. The zero-order chi connectivity index (χ0) is 21.3. The fraction of sp³-hybridized carbons (Fsp3) is 0.579. The van der Waals surface area contributed by atoms with Crippen molar-refractivity contribution in [2.45, 2.75) is 66.8 Å². The van der Waals surface area contributed by atoms with Crippen molar-refractivity contribution >= 4 is 0 Å². The average Bonchev–Trinajstić information content (AvgIpc) is 2.89. The van der Waals surface area contributed by atoms with Crippen LogP contribution in [0.4, 0.5) is 22.0 Å². The van der Waals surface area contributed by atoms with Crippen LogP contribution in [0.1, 0.15) is 44.6 Å². The van der Waals surface area contributed by atoms with E-state index in [1.54, 1.807) is 4.68 Å². The highest BCUT2D eigenvalue weighted by molar-refractivity contribution is 5.69. The van der Waals surface area contributed by atoms with Gasteiger partial charge in [-0.1, -0.05) is 20.8 Å². The summed E-state index contributed by atoms with van der Waals surface area (Å²) in [6.45, 7) is 5.03. The largest absolute Gasteiger partial charge is 0.416 e. The second-order valence-corrected chi connectivity index (χ2v) is 7.18. The van der Waals surface area contributed by atoms with Crippen LogP contribution in [0.25, 0.3) is 11.3 Å². The minimum Gasteiger partial charge on any atom is -0.416 e. The molecule has 0 aliphatic rings. The summed E-state index contributed by atoms with van der Waals surface area (Å²) in [4.78, 5) is 4.00. The van der Waals surface area contributed by atoms with Crippen LogP contribution in [0.5, 0.6) is 5.88 Å². The molecule has 2 aromatic heterocycles. The van der Waals surface area contributed by atoms with E-state index in [1.165, 1.54) is 12.1 Å². The zero-order valence-corrected chi connectivity index (χ0v) is 16.5. The molecule has 0 atom stereocenters. The maximum Gasteiger partial charge on any atom is 0.394 e. The van der Waals surface area contributed by atoms with E-state index < -0.39 is 30.5 Å². The summed E-state index contributed by atoms with van der Waals surface area (Å²) in [6.07, 6.45) is -4.25. The molecule has 0 aliphatic carbocycles. The van der Waals surface area contributed by atoms with Gasteiger partial charge in [0.1, 0.15) is 0 Å². The van der Waals surface area contributed by atoms with E-state index in [1.807, 2.05) is 20.8 Å². The van der Waals surface area contributed by atoms with Crippen molar-refractivity contribution in [1.29, 1.82) is 0 Å². The molecule has 0 saturated carbocycles. The lowest BCUT2D eigenvalue weighted by atomic mass is 9.87. The maximum absolute atomic E-state index is 13.2. The van der Waals surface area contributed by atoms with Gasteiger partial charge < -0.3 is 4.74 Å². The van der Waals surface area contributed by atoms with Crippen molar-refractivity contribution in [1.82, 2.24) is 14.8 Å². The van der Waals surface area contributed by atoms with Crippen LogP contribution < -0.4 is 4.74 Å². The van der Waals surface area contributed by atoms with E-state index in [-0.39, 0.29) is 11.3 Å². The molecule has 28 heavy (non-hydrogen) atoms. The molecule has 0 bridgehead atoms. The van der Waals surface area contributed by atoms with E-state index in [2.05, 4.69) is 14.8 Å². The summed E-state index contributed by atoms with van der Waals surface area (Å²) in [5.41, 5.74) is 0.429. The molecule has 0 saturated heterocycles. The van der Waals surface area contributed by atoms with Crippen LogP contribution in [0.3, 0.4) is 0 Å². The fourth-order valence-electron chi connectivity index (χ4n) is 2.99. The average molecular weight is 405 g/mol. The van der Waals surface area contributed by atoms with Gasteiger partial charge in [0, 0.05) is 18.7 Å². The molecule has 0 fully saturated rings. The Morgan fingerprint density at radius 3 is 2.29 bits per heavy atom. The summed E-state index contributed by atoms with van der Waals surface area (Å²) in [6, 6.07) is 2.89. The normalized spacial score (nSPS) is 12.7. The highest BCUT2D eigenvalue weighted by Crippen LogP contribution is 2.41. The van der Waals surface area contributed by atoms with Gasteiger partial charge in [0.25, 0.3) is 0 Å². The van der Waals surface area contributed by atoms with Crippen molar-refractivity contribution in [3.05, 3.63) is 29.1 Å². The van der Waals surface area contributed by atoms with Crippen LogP contribution in [0, 0.1) is 12.3 Å². The van der Waals surface area contributed by atoms with Crippen LogP contribution >= 0.6 is 0 Å². The van der Waals surface area contributed by atoms with E-state index >= 15 is 0 Å². The fourth-order valence-corrected chi connectivity index (χ4v) is 2.99. The van der Waals surface area contributed by atoms with Gasteiger partial charge in [-0.2, -0.15) is 27.1 Å². The standard InChI is InChI=1S/C19H24F5N3O/c1-6-14-11(3)15(27(7-2)26-14)13-9-8-12(25-16(13)28-17(20)21)10-18(4,5)19(22,23)24/h8-9,17H,6-7,10H2,1-5H3. The van der Waals surface area contributed by atoms with Gasteiger partial charge in [-0.3, -0.25) is 4.68 Å². The van der Waals surface area contributed by atoms with Crippen LogP contribution in [-0.4, -0.2) is 27.6 Å². The topological polar surface area (TPSA) is 39.9 Å². The first-order valence-corrected chi connectivity index (χ1v) is 8.99. The Hall–Kier alpha value is -2.19. The summed E-state index contributed by atoms with van der Waals surface area (Å²) < 4.78 is 71.7. The number of aromatic nitrogens is 3. The van der Waals surface area contributed by atoms with Gasteiger partial charge in [0.05, 0.1) is 22.4 Å². The SMILES string of the molecule is CCc1nn(CC)c(-c2ccc(CC(C)(C)C(F)(F)F)nc2OC(F)F)c1C. The molecule has 0 aromatic carbocycles. The number of ether oxygens (including phenoxy) is 1. The summed E-state index contributed by atoms with van der Waals surface area (Å²) in [5.74, 6) is -0.397. The predicted octanol–water partition coefficient (Wildman–Crippen LogP) is 5.57. The number of nitrogens with zero attached hydrogens (tertiary/aromatic N) is 3. The number of hydrogen-bond donors (Lipinski definition) is 0. The third-order valence-electron chi connectivity index (χ3n) is 4.69. The van der Waals surface area contributed by atoms with Crippen LogP contribution in [-0.2, 0) is 19.4 Å². The second kappa shape index (κ2) is 8.05. The van der Waals surface area contributed by atoms with E-state index in [0.29, 0.717) is 18.7 Å². The van der Waals surface area contributed by atoms with Crippen molar-refractivity contribution in [3.63, 3.8) is 0 Å². The Balaban J connectivity index is 2.57. The van der Waals surface area contributed by atoms with Crippen molar-refractivity contribution in [3.8, 4) is 17.1 Å². The molecular formula is C19H24F5N3O. The number of rotatable bonds is 7. The van der Waals surface area contributed by atoms with Crippen LogP contribution in [0.2, 0.25) is 0 Å². The molecular weight excluding hydrogens is 381 g/mol. The van der Waals surface area contributed by atoms with Gasteiger partial charge in [-0.05, 0) is 38.0 Å². The number of alkyl halides is 5. The number of hydrogen-bond acceptors (Lipinski definition) is 3. The highest BCUT2D eigenvalue weighted by atomic mass is 19.4. The predicted molar refractivity (Wildman–Crippen MR) is 95.4 cm³/mol. The minimum absolute atomic E-state index is 0.0256. The Morgan fingerprint density at radius 1 is 1.14 bits per heavy atom. The van der Waals surface area contributed by atoms with E-state index in [0.717, 1.165) is 25.1 Å². The molecule has 0 unspecified atom stereocenters. The monoisotopic (exact) mass is 405 g/mol. The lowest BCUT2D eigenvalue weighted by Gasteiger charge is -2.27. The lowest BCUT2D eigenvalue weighted by Crippen LogP contribution is -2.34. The zero-order valence-electron chi connectivity index (χ0n) is 16.5. The molecule has 2 heterocycles. The van der Waals surface area contributed by atoms with Crippen molar-refractivity contribution in [2.24, 2.45) is 5.41 Å². The molecule has 2 aromatic rings. The maximum atomic E-state index is 13.2. The van der Waals surface area contributed by atoms with Gasteiger partial charge in [-0.15, -0.1) is 0 Å². The first-order chi connectivity index (χ1) is 12.9. The molecule has 0 N–H and O–H groups in total.